The fraction of sp³-hybridized carbons (Fsp3) is 0.519. The second-order valence-corrected chi connectivity index (χ2v) is 10.7. The van der Waals surface area contributed by atoms with E-state index in [1.165, 1.54) is 11.1 Å². The number of hydrogen-bond acceptors (Lipinski definition) is 4. The van der Waals surface area contributed by atoms with Crippen molar-refractivity contribution in [1.82, 2.24) is 5.32 Å². The van der Waals surface area contributed by atoms with Gasteiger partial charge in [0.2, 0.25) is 5.91 Å². The molecule has 1 spiro atoms. The molecular formula is C27H34ClNO4. The number of aliphatic hydroxyl groups is 1. The van der Waals surface area contributed by atoms with Crippen LogP contribution in [0.25, 0.3) is 0 Å². The topological polar surface area (TPSA) is 67.8 Å². The minimum absolute atomic E-state index is 0.0453. The van der Waals surface area contributed by atoms with Crippen molar-refractivity contribution < 1.29 is 19.4 Å². The van der Waals surface area contributed by atoms with Gasteiger partial charge in [0.15, 0.2) is 5.79 Å². The third-order valence-electron chi connectivity index (χ3n) is 6.54. The number of rotatable bonds is 5. The Morgan fingerprint density at radius 1 is 1.21 bits per heavy atom. The molecule has 5 nitrogen and oxygen atoms in total. The number of aryl methyl sites for hydroxylation is 1. The predicted octanol–water partition coefficient (Wildman–Crippen LogP) is 4.88. The summed E-state index contributed by atoms with van der Waals surface area (Å²) in [6.45, 7) is 8.48. The molecule has 0 unspecified atom stereocenters. The second kappa shape index (κ2) is 9.38. The van der Waals surface area contributed by atoms with E-state index in [2.05, 4.69) is 42.6 Å². The Balaban J connectivity index is 1.56. The largest absolute Gasteiger partial charge is 0.393 e. The number of carbonyl (C=O) groups is 1. The molecule has 2 aromatic carbocycles. The van der Waals surface area contributed by atoms with Crippen molar-refractivity contribution in [2.45, 2.75) is 78.0 Å². The van der Waals surface area contributed by atoms with Gasteiger partial charge in [0.25, 0.3) is 0 Å². The van der Waals surface area contributed by atoms with Gasteiger partial charge in [-0.3, -0.25) is 4.79 Å². The Kier molecular flexibility index (Phi) is 6.88. The third kappa shape index (κ3) is 5.27. The van der Waals surface area contributed by atoms with E-state index >= 15 is 0 Å². The lowest BCUT2D eigenvalue weighted by atomic mass is 9.89. The van der Waals surface area contributed by atoms with E-state index in [0.29, 0.717) is 37.4 Å². The monoisotopic (exact) mass is 471 g/mol. The first-order valence-corrected chi connectivity index (χ1v) is 12.1. The van der Waals surface area contributed by atoms with Crippen molar-refractivity contribution in [3.05, 3.63) is 69.2 Å². The van der Waals surface area contributed by atoms with Gasteiger partial charge in [0, 0.05) is 35.4 Å². The van der Waals surface area contributed by atoms with Crippen LogP contribution in [0.1, 0.15) is 68.4 Å². The summed E-state index contributed by atoms with van der Waals surface area (Å²) in [5, 5.41) is 14.3. The number of aliphatic hydroxyl groups excluding tert-OH is 1. The van der Waals surface area contributed by atoms with Gasteiger partial charge in [0.05, 0.1) is 18.8 Å². The molecule has 6 heteroatoms. The Morgan fingerprint density at radius 3 is 2.58 bits per heavy atom. The zero-order valence-corrected chi connectivity index (χ0v) is 20.7. The molecule has 2 aromatic rings. The van der Waals surface area contributed by atoms with Gasteiger partial charge >= 0.3 is 0 Å². The molecule has 0 bridgehead atoms. The van der Waals surface area contributed by atoms with Crippen molar-refractivity contribution in [2.24, 2.45) is 5.41 Å². The Morgan fingerprint density at radius 2 is 1.91 bits per heavy atom. The van der Waals surface area contributed by atoms with E-state index in [9.17, 15) is 9.90 Å². The van der Waals surface area contributed by atoms with Gasteiger partial charge in [-0.2, -0.15) is 0 Å². The zero-order chi connectivity index (χ0) is 23.8. The number of benzene rings is 2. The molecule has 4 rings (SSSR count). The molecule has 33 heavy (non-hydrogen) atoms. The Hall–Kier alpha value is -1.92. The van der Waals surface area contributed by atoms with Gasteiger partial charge in [-0.1, -0.05) is 63.6 Å². The molecule has 1 amide bonds. The summed E-state index contributed by atoms with van der Waals surface area (Å²) >= 11 is 6.64. The maximum atomic E-state index is 12.3. The van der Waals surface area contributed by atoms with Gasteiger partial charge in [0.1, 0.15) is 0 Å². The van der Waals surface area contributed by atoms with Crippen LogP contribution >= 0.6 is 11.6 Å². The molecule has 0 aromatic heterocycles. The number of nitrogens with one attached hydrogen (secondary N) is 1. The normalized spacial score (nSPS) is 24.7. The number of ether oxygens (including phenoxy) is 2. The van der Waals surface area contributed by atoms with Crippen LogP contribution in [0.15, 0.2) is 36.4 Å². The standard InChI is InChI=1S/C27H34ClNO4/c1-5-17-6-8-18(9-7-17)10-19-11-23-20(12-24(19)28)16-32-27(23)14-21(30)13-22(33-27)15-29-25(31)26(2,3)4/h6-9,11-12,21-22,30H,5,10,13-16H2,1-4H3,(H,29,31)/t21-,22-,27+/m0/s1. The average Bonchev–Trinajstić information content (AvgIpc) is 3.07. The molecule has 178 valence electrons. The lowest BCUT2D eigenvalue weighted by Crippen LogP contribution is -2.49. The van der Waals surface area contributed by atoms with E-state index in [1.54, 1.807) is 0 Å². The first-order valence-electron chi connectivity index (χ1n) is 11.8. The third-order valence-corrected chi connectivity index (χ3v) is 6.89. The summed E-state index contributed by atoms with van der Waals surface area (Å²) in [5.41, 5.74) is 4.93. The van der Waals surface area contributed by atoms with Crippen molar-refractivity contribution in [3.8, 4) is 0 Å². The van der Waals surface area contributed by atoms with Crippen LogP contribution in [-0.4, -0.2) is 29.8 Å². The Bertz CT molecular complexity index is 1010. The van der Waals surface area contributed by atoms with Crippen LogP contribution in [0.4, 0.5) is 0 Å². The summed E-state index contributed by atoms with van der Waals surface area (Å²) < 4.78 is 12.6. The lowest BCUT2D eigenvalue weighted by molar-refractivity contribution is -0.297. The van der Waals surface area contributed by atoms with E-state index in [-0.39, 0.29) is 12.0 Å². The van der Waals surface area contributed by atoms with E-state index in [4.69, 9.17) is 21.1 Å². The highest BCUT2D eigenvalue weighted by Gasteiger charge is 2.48. The van der Waals surface area contributed by atoms with Crippen LogP contribution < -0.4 is 5.32 Å². The molecule has 0 aliphatic carbocycles. The van der Waals surface area contributed by atoms with Crippen molar-refractivity contribution in [3.63, 3.8) is 0 Å². The van der Waals surface area contributed by atoms with Crippen molar-refractivity contribution in [1.29, 1.82) is 0 Å². The quantitative estimate of drug-likeness (QED) is 0.652. The second-order valence-electron chi connectivity index (χ2n) is 10.3. The SMILES string of the molecule is CCc1ccc(Cc2cc3c(cc2Cl)CO[C@@]32C[C@@H](O)C[C@@H](CNC(=O)C(C)(C)C)O2)cc1. The van der Waals surface area contributed by atoms with Gasteiger partial charge in [-0.05, 0) is 47.2 Å². The minimum Gasteiger partial charge on any atom is -0.393 e. The minimum atomic E-state index is -1.02. The van der Waals surface area contributed by atoms with Crippen molar-refractivity contribution in [2.75, 3.05) is 6.54 Å². The highest BCUT2D eigenvalue weighted by atomic mass is 35.5. The van der Waals surface area contributed by atoms with Gasteiger partial charge in [-0.15, -0.1) is 0 Å². The maximum Gasteiger partial charge on any atom is 0.225 e. The van der Waals surface area contributed by atoms with Gasteiger partial charge < -0.3 is 19.9 Å². The van der Waals surface area contributed by atoms with E-state index in [1.807, 2.05) is 26.8 Å². The molecule has 3 atom stereocenters. The zero-order valence-electron chi connectivity index (χ0n) is 19.9. The van der Waals surface area contributed by atoms with Crippen LogP contribution in [0.2, 0.25) is 5.02 Å². The predicted molar refractivity (Wildman–Crippen MR) is 129 cm³/mol. The maximum absolute atomic E-state index is 12.3. The van der Waals surface area contributed by atoms with Gasteiger partial charge in [-0.25, -0.2) is 0 Å². The first-order chi connectivity index (χ1) is 15.6. The molecule has 0 saturated carbocycles. The number of hydrogen-bond donors (Lipinski definition) is 2. The number of amides is 1. The number of fused-ring (bicyclic) bond motifs is 2. The fourth-order valence-corrected chi connectivity index (χ4v) is 4.83. The summed E-state index contributed by atoms with van der Waals surface area (Å²) in [6.07, 6.45) is 1.61. The molecule has 2 aliphatic heterocycles. The summed E-state index contributed by atoms with van der Waals surface area (Å²) in [4.78, 5) is 12.3. The molecule has 2 aliphatic rings. The van der Waals surface area contributed by atoms with Crippen LogP contribution in [0, 0.1) is 5.41 Å². The van der Waals surface area contributed by atoms with Crippen LogP contribution in [0.5, 0.6) is 0 Å². The van der Waals surface area contributed by atoms with E-state index in [0.717, 1.165) is 23.1 Å². The molecule has 1 fully saturated rings. The summed E-state index contributed by atoms with van der Waals surface area (Å²) in [6, 6.07) is 12.6. The molecular weight excluding hydrogens is 438 g/mol. The highest BCUT2D eigenvalue weighted by Crippen LogP contribution is 2.47. The molecule has 2 N–H and O–H groups in total. The van der Waals surface area contributed by atoms with E-state index < -0.39 is 17.3 Å². The van der Waals surface area contributed by atoms with Crippen LogP contribution in [0.3, 0.4) is 0 Å². The Labute approximate surface area is 201 Å². The summed E-state index contributed by atoms with van der Waals surface area (Å²) in [5.74, 6) is -1.06. The average molecular weight is 472 g/mol. The summed E-state index contributed by atoms with van der Waals surface area (Å²) in [7, 11) is 0. The van der Waals surface area contributed by atoms with Crippen molar-refractivity contribution >= 4 is 17.5 Å². The highest BCUT2D eigenvalue weighted by molar-refractivity contribution is 6.31. The molecule has 0 radical (unpaired) electrons. The number of halogens is 1. The lowest BCUT2D eigenvalue weighted by Gasteiger charge is -2.41. The fourth-order valence-electron chi connectivity index (χ4n) is 4.58. The number of carbonyl (C=O) groups excluding carboxylic acids is 1. The first kappa shape index (κ1) is 24.2. The molecule has 1 saturated heterocycles. The molecule has 2 heterocycles. The smallest absolute Gasteiger partial charge is 0.225 e. The van der Waals surface area contributed by atoms with Crippen LogP contribution in [-0.2, 0) is 39.5 Å².